The maximum Gasteiger partial charge on any atom is 0.461 e. The SMILES string of the molecule is CC(C)N1CCC(NC(=O)NC(Cc2ccccc2)(c2cccc(OC(F)(F)C(F)F)c2)c2ccc(Cl)cn2)CC1. The normalized spacial score (nSPS) is 16.4. The molecule has 2 aromatic carbocycles. The van der Waals surface area contributed by atoms with Crippen molar-refractivity contribution in [2.24, 2.45) is 0 Å². The number of carbonyl (C=O) groups excluding carboxylic acids is 1. The zero-order chi connectivity index (χ0) is 29.6. The fourth-order valence-electron chi connectivity index (χ4n) is 5.05. The van der Waals surface area contributed by atoms with Crippen LogP contribution in [-0.2, 0) is 12.0 Å². The number of hydrogen-bond acceptors (Lipinski definition) is 4. The number of halogens is 5. The molecule has 1 saturated heterocycles. The maximum absolute atomic E-state index is 13.8. The Morgan fingerprint density at radius 1 is 1.07 bits per heavy atom. The van der Waals surface area contributed by atoms with Crippen LogP contribution in [0.1, 0.15) is 43.5 Å². The van der Waals surface area contributed by atoms with Gasteiger partial charge < -0.3 is 20.3 Å². The number of alkyl halides is 4. The smallest absolute Gasteiger partial charge is 0.428 e. The number of rotatable bonds is 10. The van der Waals surface area contributed by atoms with Gasteiger partial charge in [0, 0.05) is 37.8 Å². The minimum atomic E-state index is -4.70. The van der Waals surface area contributed by atoms with E-state index in [0.717, 1.165) is 37.6 Å². The molecule has 0 bridgehead atoms. The van der Waals surface area contributed by atoms with Gasteiger partial charge in [0.1, 0.15) is 11.3 Å². The van der Waals surface area contributed by atoms with E-state index in [1.807, 2.05) is 30.3 Å². The average molecular weight is 593 g/mol. The maximum atomic E-state index is 13.8. The number of piperidine rings is 1. The van der Waals surface area contributed by atoms with Crippen LogP contribution >= 0.6 is 11.6 Å². The highest BCUT2D eigenvalue weighted by Crippen LogP contribution is 2.36. The van der Waals surface area contributed by atoms with Gasteiger partial charge in [-0.3, -0.25) is 4.98 Å². The number of benzene rings is 2. The number of carbonyl (C=O) groups is 1. The first-order chi connectivity index (χ1) is 19.5. The molecular formula is C30H33ClF4N4O2. The molecule has 3 aromatic rings. The Kier molecular flexibility index (Phi) is 9.76. The summed E-state index contributed by atoms with van der Waals surface area (Å²) in [5.41, 5.74) is 0.0737. The van der Waals surface area contributed by atoms with Gasteiger partial charge in [0.25, 0.3) is 0 Å². The van der Waals surface area contributed by atoms with Gasteiger partial charge >= 0.3 is 18.6 Å². The zero-order valence-corrected chi connectivity index (χ0v) is 23.6. The third kappa shape index (κ3) is 7.68. The predicted octanol–water partition coefficient (Wildman–Crippen LogP) is 6.63. The van der Waals surface area contributed by atoms with Crippen molar-refractivity contribution in [1.82, 2.24) is 20.5 Å². The van der Waals surface area contributed by atoms with Crippen LogP contribution in [0.2, 0.25) is 5.02 Å². The molecule has 0 aliphatic carbocycles. The molecule has 1 fully saturated rings. The molecule has 2 heterocycles. The second kappa shape index (κ2) is 13.1. The van der Waals surface area contributed by atoms with Gasteiger partial charge in [0.05, 0.1) is 10.7 Å². The van der Waals surface area contributed by atoms with Gasteiger partial charge in [-0.15, -0.1) is 0 Å². The number of amides is 2. The molecule has 1 aliphatic rings. The number of likely N-dealkylation sites (tertiary alicyclic amines) is 1. The van der Waals surface area contributed by atoms with Crippen LogP contribution in [0.5, 0.6) is 5.75 Å². The summed E-state index contributed by atoms with van der Waals surface area (Å²) < 4.78 is 57.9. The summed E-state index contributed by atoms with van der Waals surface area (Å²) in [6.07, 6.45) is -5.61. The van der Waals surface area contributed by atoms with Crippen molar-refractivity contribution in [2.75, 3.05) is 13.1 Å². The van der Waals surface area contributed by atoms with Gasteiger partial charge in [-0.25, -0.2) is 4.79 Å². The van der Waals surface area contributed by atoms with Gasteiger partial charge in [0.2, 0.25) is 0 Å². The molecule has 0 saturated carbocycles. The van der Waals surface area contributed by atoms with Gasteiger partial charge in [-0.05, 0) is 62.1 Å². The summed E-state index contributed by atoms with van der Waals surface area (Å²) in [5, 5.41) is 6.48. The van der Waals surface area contributed by atoms with Crippen LogP contribution in [0, 0.1) is 0 Å². The van der Waals surface area contributed by atoms with Crippen LogP contribution in [-0.4, -0.2) is 53.6 Å². The monoisotopic (exact) mass is 592 g/mol. The van der Waals surface area contributed by atoms with E-state index in [2.05, 4.69) is 39.1 Å². The fourth-order valence-corrected chi connectivity index (χ4v) is 5.17. The molecule has 11 heteroatoms. The number of nitrogens with zero attached hydrogens (tertiary/aromatic N) is 2. The third-order valence-electron chi connectivity index (χ3n) is 7.23. The third-order valence-corrected chi connectivity index (χ3v) is 7.46. The van der Waals surface area contributed by atoms with E-state index in [0.29, 0.717) is 22.3 Å². The number of ether oxygens (including phenoxy) is 1. The van der Waals surface area contributed by atoms with Crippen LogP contribution in [0.25, 0.3) is 0 Å². The molecule has 1 aliphatic heterocycles. The summed E-state index contributed by atoms with van der Waals surface area (Å²) in [7, 11) is 0. The molecule has 1 unspecified atom stereocenters. The first-order valence-corrected chi connectivity index (χ1v) is 13.8. The van der Waals surface area contributed by atoms with Crippen molar-refractivity contribution < 1.29 is 27.1 Å². The van der Waals surface area contributed by atoms with Gasteiger partial charge in [-0.2, -0.15) is 17.6 Å². The van der Waals surface area contributed by atoms with Crippen molar-refractivity contribution >= 4 is 17.6 Å². The Morgan fingerprint density at radius 3 is 2.39 bits per heavy atom. The minimum Gasteiger partial charge on any atom is -0.428 e. The van der Waals surface area contributed by atoms with Crippen LogP contribution < -0.4 is 15.4 Å². The lowest BCUT2D eigenvalue weighted by atomic mass is 9.80. The number of hydrogen-bond donors (Lipinski definition) is 2. The number of pyridine rings is 1. The van der Waals surface area contributed by atoms with E-state index in [1.54, 1.807) is 18.2 Å². The van der Waals surface area contributed by atoms with Gasteiger partial charge in [0.15, 0.2) is 0 Å². The van der Waals surface area contributed by atoms with Crippen molar-refractivity contribution in [1.29, 1.82) is 0 Å². The van der Waals surface area contributed by atoms with E-state index >= 15 is 0 Å². The van der Waals surface area contributed by atoms with Crippen molar-refractivity contribution in [3.63, 3.8) is 0 Å². The average Bonchev–Trinajstić information content (AvgIpc) is 2.93. The largest absolute Gasteiger partial charge is 0.461 e. The van der Waals surface area contributed by atoms with Gasteiger partial charge in [-0.1, -0.05) is 54.1 Å². The van der Waals surface area contributed by atoms with E-state index in [-0.39, 0.29) is 12.5 Å². The number of urea groups is 1. The Labute approximate surface area is 242 Å². The second-order valence-electron chi connectivity index (χ2n) is 10.4. The molecule has 4 rings (SSSR count). The highest BCUT2D eigenvalue weighted by molar-refractivity contribution is 6.30. The summed E-state index contributed by atoms with van der Waals surface area (Å²) in [5.74, 6) is -0.484. The van der Waals surface area contributed by atoms with Crippen LogP contribution in [0.3, 0.4) is 0 Å². The highest BCUT2D eigenvalue weighted by atomic mass is 35.5. The first-order valence-electron chi connectivity index (χ1n) is 13.4. The summed E-state index contributed by atoms with van der Waals surface area (Å²) >= 11 is 6.12. The molecular weight excluding hydrogens is 560 g/mol. The lowest BCUT2D eigenvalue weighted by Gasteiger charge is -2.38. The number of aromatic nitrogens is 1. The topological polar surface area (TPSA) is 66.5 Å². The molecule has 2 amide bonds. The van der Waals surface area contributed by atoms with Crippen molar-refractivity contribution in [3.8, 4) is 5.75 Å². The van der Waals surface area contributed by atoms with E-state index in [4.69, 9.17) is 11.6 Å². The Balaban J connectivity index is 1.74. The van der Waals surface area contributed by atoms with E-state index < -0.39 is 29.9 Å². The molecule has 41 heavy (non-hydrogen) atoms. The van der Waals surface area contributed by atoms with E-state index in [1.165, 1.54) is 18.3 Å². The Hall–Kier alpha value is -3.37. The van der Waals surface area contributed by atoms with E-state index in [9.17, 15) is 22.4 Å². The van der Waals surface area contributed by atoms with Crippen LogP contribution in [0.4, 0.5) is 22.4 Å². The quantitative estimate of drug-likeness (QED) is 0.259. The zero-order valence-electron chi connectivity index (χ0n) is 22.8. The Bertz CT molecular complexity index is 1290. The van der Waals surface area contributed by atoms with Crippen molar-refractivity contribution in [3.05, 3.63) is 94.8 Å². The molecule has 2 N–H and O–H groups in total. The lowest BCUT2D eigenvalue weighted by Crippen LogP contribution is -2.56. The first kappa shape index (κ1) is 30.6. The molecule has 0 spiro atoms. The lowest BCUT2D eigenvalue weighted by molar-refractivity contribution is -0.253. The second-order valence-corrected chi connectivity index (χ2v) is 10.9. The fraction of sp³-hybridized carbons (Fsp3) is 0.400. The Morgan fingerprint density at radius 2 is 1.78 bits per heavy atom. The molecule has 6 nitrogen and oxygen atoms in total. The summed E-state index contributed by atoms with van der Waals surface area (Å²) in [6.45, 7) is 5.95. The summed E-state index contributed by atoms with van der Waals surface area (Å²) in [6, 6.07) is 17.7. The molecule has 1 atom stereocenters. The standard InChI is InChI=1S/C30H33ClF4N4O2/c1-20(2)39-15-13-24(14-16-39)37-28(40)38-29(18-21-7-4-3-5-8-21,26-12-11-23(31)19-36-26)22-9-6-10-25(17-22)41-30(34,35)27(32)33/h3-12,17,19-20,24,27H,13-16,18H2,1-2H3,(H2,37,38,40). The molecule has 0 radical (unpaired) electrons. The minimum absolute atomic E-state index is 0.0722. The molecule has 1 aromatic heterocycles. The van der Waals surface area contributed by atoms with Crippen LogP contribution in [0.15, 0.2) is 72.9 Å². The van der Waals surface area contributed by atoms with Crippen molar-refractivity contribution in [2.45, 2.75) is 63.3 Å². The highest BCUT2D eigenvalue weighted by Gasteiger charge is 2.45. The molecule has 220 valence electrons. The number of nitrogens with one attached hydrogen (secondary N) is 2. The summed E-state index contributed by atoms with van der Waals surface area (Å²) in [4.78, 5) is 20.4. The predicted molar refractivity (Wildman–Crippen MR) is 150 cm³/mol.